The molecule has 0 unspecified atom stereocenters. The van der Waals surface area contributed by atoms with E-state index in [1.807, 2.05) is 0 Å². The molecule has 0 amide bonds. The molecule has 0 spiro atoms. The molecule has 0 saturated heterocycles. The molecular formula is C113H88. The van der Waals surface area contributed by atoms with Crippen LogP contribution in [-0.4, -0.2) is 0 Å². The maximum absolute atomic E-state index is 2.50. The fourth-order valence-corrected chi connectivity index (χ4v) is 20.2. The largest absolute Gasteiger partial charge is 0.0713 e. The molecule has 0 heterocycles. The van der Waals surface area contributed by atoms with Gasteiger partial charge in [0.2, 0.25) is 0 Å². The number of rotatable bonds is 4. The lowest BCUT2D eigenvalue weighted by molar-refractivity contribution is 0.652. The van der Waals surface area contributed by atoms with Gasteiger partial charge in [0.1, 0.15) is 0 Å². The van der Waals surface area contributed by atoms with Crippen LogP contribution in [0.1, 0.15) is 123 Å². The summed E-state index contributed by atoms with van der Waals surface area (Å²) in [6.45, 7) is 18.6. The normalized spacial score (nSPS) is 13.7. The molecule has 0 aromatic heterocycles. The van der Waals surface area contributed by atoms with Crippen LogP contribution in [0.25, 0.3) is 152 Å². The molecular weight excluding hydrogens is 1360 g/mol. The first-order valence-corrected chi connectivity index (χ1v) is 40.4. The van der Waals surface area contributed by atoms with Gasteiger partial charge in [0.25, 0.3) is 0 Å². The highest BCUT2D eigenvalue weighted by molar-refractivity contribution is 6.33. The second-order valence-electron chi connectivity index (χ2n) is 33.2. The molecule has 21 aromatic carbocycles. The van der Waals surface area contributed by atoms with Crippen molar-refractivity contribution in [3.8, 4) is 33.4 Å². The molecule has 0 nitrogen and oxygen atoms in total. The van der Waals surface area contributed by atoms with E-state index in [4.69, 9.17) is 0 Å². The Morgan fingerprint density at radius 1 is 0.186 bits per heavy atom. The number of hydrogen-bond donors (Lipinski definition) is 0. The zero-order valence-electron chi connectivity index (χ0n) is 65.5. The molecule has 540 valence electrons. The van der Waals surface area contributed by atoms with E-state index >= 15 is 0 Å². The molecule has 0 bridgehead atoms. The lowest BCUT2D eigenvalue weighted by Gasteiger charge is -2.42. The van der Waals surface area contributed by atoms with E-state index in [0.717, 1.165) is 0 Å². The van der Waals surface area contributed by atoms with Gasteiger partial charge in [-0.2, -0.15) is 0 Å². The van der Waals surface area contributed by atoms with Crippen molar-refractivity contribution in [2.24, 2.45) is 0 Å². The summed E-state index contributed by atoms with van der Waals surface area (Å²) in [7, 11) is 0. The summed E-state index contributed by atoms with van der Waals surface area (Å²) in [5, 5.41) is 30.0. The Morgan fingerprint density at radius 2 is 0.522 bits per heavy atom. The minimum Gasteiger partial charge on any atom is -0.0622 e. The molecule has 0 heteroatoms. The number of fused-ring (bicyclic) bond motifs is 14. The molecule has 3 aliphatic carbocycles. The lowest BCUT2D eigenvalue weighted by Crippen LogP contribution is -2.33. The lowest BCUT2D eigenvalue weighted by atomic mass is 9.59. The van der Waals surface area contributed by atoms with Crippen LogP contribution in [0, 0.1) is 0 Å². The van der Waals surface area contributed by atoms with Crippen LogP contribution in [0.3, 0.4) is 0 Å². The topological polar surface area (TPSA) is 0 Å². The Balaban J connectivity index is 0.0000000935. The van der Waals surface area contributed by atoms with Gasteiger partial charge in [0.15, 0.2) is 0 Å². The van der Waals surface area contributed by atoms with E-state index in [1.165, 1.54) is 208 Å². The molecule has 3 aliphatic rings. The van der Waals surface area contributed by atoms with Crippen LogP contribution in [0.15, 0.2) is 376 Å². The standard InChI is InChI=1S/C29H20.C28H24.C22H22.C20H12.C14H10/c1-3-13-22(14-4-1)29(23-15-5-2-6-16-23)26-19-8-7-17-24(26)25-18-9-11-21-12-10-20-27(29)28(21)25;1-27(2)22-12-8-7-11-19(22)20-15-25-21(16-24(20)27)26-18-10-6-5-9-17(18)13-14-23(26)28(25,3)4;1-13(2)17-9-5-15-8-12-20-18(14(3)4)10-6-16-7-11-19(17)21(15)22(16)20;1-5-13-6-2-11-17-18-12-4-8-14-7-3-10-16(20(14)18)15(9-1)19(13)17;1-2-6-12-10-14-8-4-3-7-13(14)9-11(12)5-1/h1-20H;5-16H,1-4H3;5-14H,1-4H3;1-12H;1-10H. The van der Waals surface area contributed by atoms with Gasteiger partial charge in [0, 0.05) is 10.8 Å². The van der Waals surface area contributed by atoms with E-state index in [1.54, 1.807) is 0 Å². The number of benzene rings is 21. The molecule has 0 saturated carbocycles. The van der Waals surface area contributed by atoms with Crippen LogP contribution in [0.4, 0.5) is 0 Å². The van der Waals surface area contributed by atoms with Crippen molar-refractivity contribution in [3.05, 3.63) is 432 Å². The van der Waals surface area contributed by atoms with Gasteiger partial charge in [-0.1, -0.05) is 407 Å². The monoisotopic (exact) mass is 1440 g/mol. The predicted octanol–water partition coefficient (Wildman–Crippen LogP) is 31.2. The van der Waals surface area contributed by atoms with Crippen LogP contribution < -0.4 is 0 Å². The number of hydrogen-bond acceptors (Lipinski definition) is 0. The van der Waals surface area contributed by atoms with E-state index in [2.05, 4.69) is 432 Å². The Hall–Kier alpha value is -13.0. The van der Waals surface area contributed by atoms with Gasteiger partial charge < -0.3 is 0 Å². The maximum atomic E-state index is 2.50. The Morgan fingerprint density at radius 3 is 1.03 bits per heavy atom. The van der Waals surface area contributed by atoms with E-state index in [9.17, 15) is 0 Å². The van der Waals surface area contributed by atoms with Crippen LogP contribution in [0.2, 0.25) is 0 Å². The van der Waals surface area contributed by atoms with Gasteiger partial charge in [-0.3, -0.25) is 0 Å². The fourth-order valence-electron chi connectivity index (χ4n) is 20.2. The minimum absolute atomic E-state index is 0.0193. The summed E-state index contributed by atoms with van der Waals surface area (Å²) in [5.74, 6) is 1.10. The van der Waals surface area contributed by atoms with Crippen molar-refractivity contribution in [3.63, 3.8) is 0 Å². The first-order valence-electron chi connectivity index (χ1n) is 40.4. The summed E-state index contributed by atoms with van der Waals surface area (Å²) in [5.41, 5.74) is 22.1. The molecule has 0 aliphatic heterocycles. The van der Waals surface area contributed by atoms with Crippen molar-refractivity contribution < 1.29 is 0 Å². The molecule has 24 rings (SSSR count). The van der Waals surface area contributed by atoms with Crippen molar-refractivity contribution >= 4 is 118 Å². The van der Waals surface area contributed by atoms with Crippen molar-refractivity contribution in [1.29, 1.82) is 0 Å². The van der Waals surface area contributed by atoms with Gasteiger partial charge >= 0.3 is 0 Å². The molecule has 113 heavy (non-hydrogen) atoms. The molecule has 0 fully saturated rings. The van der Waals surface area contributed by atoms with Crippen molar-refractivity contribution in [2.45, 2.75) is 83.5 Å². The fraction of sp³-hybridized carbons (Fsp3) is 0.115. The van der Waals surface area contributed by atoms with Crippen LogP contribution in [-0.2, 0) is 16.2 Å². The van der Waals surface area contributed by atoms with Crippen LogP contribution >= 0.6 is 0 Å². The minimum atomic E-state index is -0.340. The first kappa shape index (κ1) is 69.2. The summed E-state index contributed by atoms with van der Waals surface area (Å²) in [6, 6.07) is 138. The summed E-state index contributed by atoms with van der Waals surface area (Å²) in [6.07, 6.45) is 0. The van der Waals surface area contributed by atoms with Gasteiger partial charge in [-0.25, -0.2) is 0 Å². The third-order valence-electron chi connectivity index (χ3n) is 25.6. The second-order valence-corrected chi connectivity index (χ2v) is 33.2. The quantitative estimate of drug-likeness (QED) is 0.122. The SMILES string of the molecule is CC(C)c1ccc2ccc3c(C(C)C)ccc4ccc1c2c43.CC1(C)c2ccccc2-c2cc3c(cc21)-c1c(ccc2ccccc12)C3(C)C.c1cc2cccc3c4cccc5cccc(c(c1)c23)c54.c1ccc(C2(c3ccccc3)c3ccccc3-c3cccc4cccc2c34)cc1.c1ccc2cc3ccccc3cc2c1. The van der Waals surface area contributed by atoms with E-state index < -0.39 is 0 Å². The highest BCUT2D eigenvalue weighted by atomic mass is 14.5. The highest BCUT2D eigenvalue weighted by Gasteiger charge is 2.45. The Kier molecular flexibility index (Phi) is 16.7. The van der Waals surface area contributed by atoms with E-state index in [-0.39, 0.29) is 16.2 Å². The zero-order valence-corrected chi connectivity index (χ0v) is 65.5. The summed E-state index contributed by atoms with van der Waals surface area (Å²) in [4.78, 5) is 0. The van der Waals surface area contributed by atoms with Gasteiger partial charge in [-0.15, -0.1) is 0 Å². The first-order chi connectivity index (χ1) is 55.2. The molecule has 21 aromatic rings. The molecule has 0 radical (unpaired) electrons. The van der Waals surface area contributed by atoms with Gasteiger partial charge in [-0.05, 0) is 244 Å². The summed E-state index contributed by atoms with van der Waals surface area (Å²) >= 11 is 0. The maximum Gasteiger partial charge on any atom is 0.0713 e. The molecule has 0 N–H and O–H groups in total. The smallest absolute Gasteiger partial charge is 0.0622 e. The predicted molar refractivity (Wildman–Crippen MR) is 488 cm³/mol. The second kappa shape index (κ2) is 27.2. The highest BCUT2D eigenvalue weighted by Crippen LogP contribution is 2.59. The van der Waals surface area contributed by atoms with Crippen molar-refractivity contribution in [2.75, 3.05) is 0 Å². The Labute approximate surface area is 662 Å². The van der Waals surface area contributed by atoms with Crippen molar-refractivity contribution in [1.82, 2.24) is 0 Å². The average molecular weight is 1450 g/mol. The van der Waals surface area contributed by atoms with Gasteiger partial charge in [0.05, 0.1) is 5.41 Å². The Bertz CT molecular complexity index is 6890. The average Bonchev–Trinajstić information content (AvgIpc) is 1.66. The molecule has 0 atom stereocenters. The van der Waals surface area contributed by atoms with E-state index in [0.29, 0.717) is 11.8 Å². The third-order valence-corrected chi connectivity index (χ3v) is 25.6. The summed E-state index contributed by atoms with van der Waals surface area (Å²) < 4.78 is 0. The van der Waals surface area contributed by atoms with Crippen LogP contribution in [0.5, 0.6) is 0 Å². The zero-order chi connectivity index (χ0) is 76.4. The third kappa shape index (κ3) is 11.0.